The highest BCUT2D eigenvalue weighted by Gasteiger charge is 2.32. The van der Waals surface area contributed by atoms with Crippen molar-refractivity contribution in [2.45, 2.75) is 50.1 Å². The molecule has 1 saturated heterocycles. The van der Waals surface area contributed by atoms with Crippen LogP contribution in [0.15, 0.2) is 53.4 Å². The molecule has 1 atom stereocenters. The number of aryl methyl sites for hydroxylation is 2. The first-order valence-corrected chi connectivity index (χ1v) is 11.4. The van der Waals surface area contributed by atoms with E-state index >= 15 is 0 Å². The van der Waals surface area contributed by atoms with Crippen LogP contribution in [0.4, 0.5) is 0 Å². The van der Waals surface area contributed by atoms with Gasteiger partial charge in [0.05, 0.1) is 4.90 Å². The molecule has 0 bridgehead atoms. The average molecular weight is 385 g/mol. The summed E-state index contributed by atoms with van der Waals surface area (Å²) in [5, 5.41) is 0. The summed E-state index contributed by atoms with van der Waals surface area (Å²) >= 11 is 0. The van der Waals surface area contributed by atoms with Crippen LogP contribution in [0, 0.1) is 0 Å². The van der Waals surface area contributed by atoms with E-state index in [0.29, 0.717) is 18.0 Å². The molecule has 4 nitrogen and oxygen atoms in total. The van der Waals surface area contributed by atoms with Crippen molar-refractivity contribution in [3.8, 4) is 0 Å². The van der Waals surface area contributed by atoms with Gasteiger partial charge in [-0.25, -0.2) is 8.42 Å². The van der Waals surface area contributed by atoms with Crippen LogP contribution in [0.2, 0.25) is 0 Å². The molecule has 1 aliphatic carbocycles. The van der Waals surface area contributed by atoms with E-state index in [1.165, 1.54) is 23.1 Å². The fourth-order valence-corrected chi connectivity index (χ4v) is 5.82. The number of sulfonamides is 1. The van der Waals surface area contributed by atoms with Crippen molar-refractivity contribution >= 4 is 10.0 Å². The van der Waals surface area contributed by atoms with Crippen LogP contribution in [-0.4, -0.2) is 43.3 Å². The summed E-state index contributed by atoms with van der Waals surface area (Å²) in [5.74, 6) is 0. The van der Waals surface area contributed by atoms with E-state index in [1.807, 2.05) is 18.2 Å². The number of piperazine rings is 1. The fourth-order valence-electron chi connectivity index (χ4n) is 4.25. The van der Waals surface area contributed by atoms with Gasteiger partial charge in [-0.1, -0.05) is 36.4 Å². The highest BCUT2D eigenvalue weighted by molar-refractivity contribution is 7.89. The van der Waals surface area contributed by atoms with Gasteiger partial charge < -0.3 is 0 Å². The number of nitrogens with zero attached hydrogens (tertiary/aromatic N) is 2. The molecule has 0 amide bonds. The van der Waals surface area contributed by atoms with E-state index in [4.69, 9.17) is 0 Å². The smallest absolute Gasteiger partial charge is 0.243 e. The minimum Gasteiger partial charge on any atom is -0.294 e. The molecule has 2 aromatic carbocycles. The summed E-state index contributed by atoms with van der Waals surface area (Å²) < 4.78 is 28.1. The van der Waals surface area contributed by atoms with E-state index in [9.17, 15) is 8.42 Å². The second-order valence-corrected chi connectivity index (χ2v) is 9.74. The molecular formula is C22H28N2O2S. The Labute approximate surface area is 162 Å². The molecule has 144 valence electrons. The second-order valence-electron chi connectivity index (χ2n) is 7.81. The van der Waals surface area contributed by atoms with Crippen LogP contribution in [-0.2, 0) is 29.4 Å². The molecule has 0 radical (unpaired) electrons. The van der Waals surface area contributed by atoms with Gasteiger partial charge in [0.15, 0.2) is 0 Å². The molecule has 0 spiro atoms. The van der Waals surface area contributed by atoms with Gasteiger partial charge in [-0.3, -0.25) is 4.90 Å². The Bertz CT molecular complexity index is 896. The summed E-state index contributed by atoms with van der Waals surface area (Å²) in [7, 11) is -3.42. The van der Waals surface area contributed by atoms with Crippen molar-refractivity contribution in [1.82, 2.24) is 9.21 Å². The quantitative estimate of drug-likeness (QED) is 0.811. The number of hydrogen-bond donors (Lipinski definition) is 0. The van der Waals surface area contributed by atoms with E-state index in [1.54, 1.807) is 10.4 Å². The highest BCUT2D eigenvalue weighted by Crippen LogP contribution is 2.27. The third-order valence-electron chi connectivity index (χ3n) is 5.91. The van der Waals surface area contributed by atoms with Gasteiger partial charge in [0.2, 0.25) is 10.0 Å². The lowest BCUT2D eigenvalue weighted by Crippen LogP contribution is -2.53. The predicted octanol–water partition coefficient (Wildman–Crippen LogP) is 3.46. The van der Waals surface area contributed by atoms with Crippen molar-refractivity contribution in [2.75, 3.05) is 19.6 Å². The number of rotatable bonds is 4. The lowest BCUT2D eigenvalue weighted by molar-refractivity contribution is 0.122. The molecule has 2 aromatic rings. The Morgan fingerprint density at radius 3 is 2.44 bits per heavy atom. The van der Waals surface area contributed by atoms with Crippen LogP contribution >= 0.6 is 0 Å². The normalized spacial score (nSPS) is 21.7. The zero-order valence-electron chi connectivity index (χ0n) is 16.0. The molecule has 0 aromatic heterocycles. The summed E-state index contributed by atoms with van der Waals surface area (Å²) in [5.41, 5.74) is 3.81. The van der Waals surface area contributed by atoms with E-state index < -0.39 is 10.0 Å². The monoisotopic (exact) mass is 384 g/mol. The zero-order valence-corrected chi connectivity index (χ0v) is 16.8. The third-order valence-corrected chi connectivity index (χ3v) is 7.78. The minimum atomic E-state index is -3.42. The maximum atomic E-state index is 13.2. The van der Waals surface area contributed by atoms with Crippen molar-refractivity contribution in [1.29, 1.82) is 0 Å². The van der Waals surface area contributed by atoms with Crippen molar-refractivity contribution in [2.24, 2.45) is 0 Å². The molecule has 4 rings (SSSR count). The predicted molar refractivity (Wildman–Crippen MR) is 108 cm³/mol. The maximum absolute atomic E-state index is 13.2. The highest BCUT2D eigenvalue weighted by atomic mass is 32.2. The van der Waals surface area contributed by atoms with Crippen molar-refractivity contribution in [3.05, 3.63) is 65.2 Å². The lowest BCUT2D eigenvalue weighted by atomic mass is 9.92. The Morgan fingerprint density at radius 2 is 1.70 bits per heavy atom. The van der Waals surface area contributed by atoms with E-state index in [0.717, 1.165) is 32.4 Å². The average Bonchev–Trinajstić information content (AvgIpc) is 2.70. The van der Waals surface area contributed by atoms with Crippen LogP contribution in [0.25, 0.3) is 0 Å². The summed E-state index contributed by atoms with van der Waals surface area (Å²) in [6.45, 7) is 4.86. The van der Waals surface area contributed by atoms with E-state index in [-0.39, 0.29) is 6.04 Å². The van der Waals surface area contributed by atoms with Gasteiger partial charge >= 0.3 is 0 Å². The van der Waals surface area contributed by atoms with Crippen LogP contribution in [0.5, 0.6) is 0 Å². The Kier molecular flexibility index (Phi) is 5.35. The van der Waals surface area contributed by atoms with Crippen LogP contribution < -0.4 is 0 Å². The molecule has 0 N–H and O–H groups in total. The van der Waals surface area contributed by atoms with Crippen LogP contribution in [0.3, 0.4) is 0 Å². The zero-order chi connectivity index (χ0) is 18.9. The van der Waals surface area contributed by atoms with Gasteiger partial charge in [0.25, 0.3) is 0 Å². The van der Waals surface area contributed by atoms with Crippen molar-refractivity contribution in [3.63, 3.8) is 0 Å². The Balaban J connectivity index is 1.47. The SMILES string of the molecule is CC1CN(S(=O)(=O)c2ccc3c(c2)CCCC3)CCN1Cc1ccccc1. The fraction of sp³-hybridized carbons (Fsp3) is 0.455. The molecule has 0 saturated carbocycles. The Hall–Kier alpha value is -1.69. The summed E-state index contributed by atoms with van der Waals surface area (Å²) in [4.78, 5) is 2.83. The number of benzene rings is 2. The lowest BCUT2D eigenvalue weighted by Gasteiger charge is -2.39. The van der Waals surface area contributed by atoms with Gasteiger partial charge in [0.1, 0.15) is 0 Å². The first-order chi connectivity index (χ1) is 13.0. The van der Waals surface area contributed by atoms with E-state index in [2.05, 4.69) is 36.1 Å². The summed E-state index contributed by atoms with van der Waals surface area (Å²) in [6, 6.07) is 16.3. The standard InChI is InChI=1S/C22H28N2O2S/c1-18-16-24(14-13-23(18)17-19-7-3-2-4-8-19)27(25,26)22-12-11-20-9-5-6-10-21(20)15-22/h2-4,7-8,11-12,15,18H,5-6,9-10,13-14,16-17H2,1H3. The molecule has 1 heterocycles. The van der Waals surface area contributed by atoms with Crippen molar-refractivity contribution < 1.29 is 8.42 Å². The molecular weight excluding hydrogens is 356 g/mol. The maximum Gasteiger partial charge on any atom is 0.243 e. The minimum absolute atomic E-state index is 0.200. The van der Waals surface area contributed by atoms with Gasteiger partial charge in [0, 0.05) is 32.2 Å². The van der Waals surface area contributed by atoms with Gasteiger partial charge in [-0.2, -0.15) is 4.31 Å². The van der Waals surface area contributed by atoms with Gasteiger partial charge in [-0.05, 0) is 61.4 Å². The molecule has 1 unspecified atom stereocenters. The molecule has 1 fully saturated rings. The first-order valence-electron chi connectivity index (χ1n) is 9.94. The van der Waals surface area contributed by atoms with Gasteiger partial charge in [-0.15, -0.1) is 0 Å². The second kappa shape index (κ2) is 7.74. The third kappa shape index (κ3) is 3.96. The topological polar surface area (TPSA) is 40.6 Å². The first kappa shape index (κ1) is 18.7. The molecule has 1 aliphatic heterocycles. The molecule has 27 heavy (non-hydrogen) atoms. The molecule has 5 heteroatoms. The molecule has 2 aliphatic rings. The Morgan fingerprint density at radius 1 is 0.963 bits per heavy atom. The largest absolute Gasteiger partial charge is 0.294 e. The summed E-state index contributed by atoms with van der Waals surface area (Å²) in [6.07, 6.45) is 4.44. The van der Waals surface area contributed by atoms with Crippen LogP contribution in [0.1, 0.15) is 36.5 Å². The number of hydrogen-bond acceptors (Lipinski definition) is 3. The number of fused-ring (bicyclic) bond motifs is 1.